The van der Waals surface area contributed by atoms with E-state index in [2.05, 4.69) is 11.8 Å². The number of nitrogens with zero attached hydrogens (tertiary/aromatic N) is 4. The normalized spacial score (nSPS) is 14.9. The average molecular weight is 559 g/mol. The molecule has 1 aliphatic rings. The molecule has 1 saturated heterocycles. The molecule has 1 aliphatic heterocycles. The number of carbonyl (C=O) groups excluding carboxylic acids is 1. The zero-order valence-electron chi connectivity index (χ0n) is 22.7. The van der Waals surface area contributed by atoms with Crippen LogP contribution in [0.1, 0.15) is 38.2 Å². The number of piperazine rings is 1. The van der Waals surface area contributed by atoms with Crippen LogP contribution in [0.15, 0.2) is 59.5 Å². The predicted molar refractivity (Wildman–Crippen MR) is 151 cm³/mol. The molecule has 2 aromatic rings. The van der Waals surface area contributed by atoms with Gasteiger partial charge in [-0.05, 0) is 24.6 Å². The molecule has 3 rings (SSSR count). The Morgan fingerprint density at radius 3 is 2.41 bits per heavy atom. The Hall–Kier alpha value is -3.28. The van der Waals surface area contributed by atoms with Gasteiger partial charge < -0.3 is 9.64 Å². The molecule has 0 radical (unpaired) electrons. The second-order valence-electron chi connectivity index (χ2n) is 9.44. The minimum Gasteiger partial charge on any atom is -0.496 e. The van der Waals surface area contributed by atoms with Crippen molar-refractivity contribution in [3.63, 3.8) is 0 Å². The highest BCUT2D eigenvalue weighted by atomic mass is 32.2. The minimum absolute atomic E-state index is 0.0484. The van der Waals surface area contributed by atoms with Crippen LogP contribution in [0.3, 0.4) is 0 Å². The van der Waals surface area contributed by atoms with Gasteiger partial charge in [0.05, 0.1) is 16.9 Å². The molecule has 0 saturated carbocycles. The first-order valence-corrected chi connectivity index (χ1v) is 14.7. The Labute approximate surface area is 231 Å². The molecule has 11 heteroatoms. The number of benzene rings is 2. The van der Waals surface area contributed by atoms with E-state index in [0.717, 1.165) is 30.6 Å². The highest BCUT2D eigenvalue weighted by Gasteiger charge is 2.29. The number of amides is 1. The van der Waals surface area contributed by atoms with Crippen LogP contribution in [0.5, 0.6) is 5.75 Å². The molecule has 0 aliphatic carbocycles. The van der Waals surface area contributed by atoms with Crippen molar-refractivity contribution in [2.75, 3.05) is 52.9 Å². The zero-order valence-corrected chi connectivity index (χ0v) is 23.5. The van der Waals surface area contributed by atoms with Crippen molar-refractivity contribution in [2.24, 2.45) is 0 Å². The maximum Gasteiger partial charge on any atom is 0.269 e. The maximum absolute atomic E-state index is 13.0. The standard InChI is InChI=1S/C28H38N4O6S/c1-3-4-5-12-28(33)30(17-8-10-24-9-6-7-11-27(24)38-2)21-18-29-19-22-31(23-20-29)39(36,37)26-15-13-25(14-16-26)32(34)35/h6-11,13-16H,3-5,12,17-23H2,1-2H3/b10-8+. The number of unbranched alkanes of at least 4 members (excludes halogenated alkanes) is 2. The zero-order chi connectivity index (χ0) is 28.3. The van der Waals surface area contributed by atoms with Crippen molar-refractivity contribution in [2.45, 2.75) is 37.5 Å². The average Bonchev–Trinajstić information content (AvgIpc) is 2.95. The van der Waals surface area contributed by atoms with Gasteiger partial charge in [-0.15, -0.1) is 0 Å². The molecule has 39 heavy (non-hydrogen) atoms. The van der Waals surface area contributed by atoms with E-state index in [1.54, 1.807) is 7.11 Å². The number of hydrogen-bond donors (Lipinski definition) is 0. The van der Waals surface area contributed by atoms with Crippen LogP contribution in [0.2, 0.25) is 0 Å². The maximum atomic E-state index is 13.0. The molecule has 2 aromatic carbocycles. The number of nitro benzene ring substituents is 1. The number of nitro groups is 1. The number of carbonyl (C=O) groups is 1. The lowest BCUT2D eigenvalue weighted by molar-refractivity contribution is -0.384. The molecule has 0 spiro atoms. The lowest BCUT2D eigenvalue weighted by atomic mass is 10.1. The number of non-ortho nitro benzene ring substituents is 1. The Balaban J connectivity index is 1.57. The Kier molecular flexibility index (Phi) is 11.5. The first-order valence-electron chi connectivity index (χ1n) is 13.3. The van der Waals surface area contributed by atoms with E-state index in [1.807, 2.05) is 41.3 Å². The fourth-order valence-corrected chi connectivity index (χ4v) is 5.88. The summed E-state index contributed by atoms with van der Waals surface area (Å²) in [5.41, 5.74) is 0.800. The quantitative estimate of drug-likeness (QED) is 0.195. The van der Waals surface area contributed by atoms with Gasteiger partial charge in [0.25, 0.3) is 5.69 Å². The minimum atomic E-state index is -3.73. The Morgan fingerprint density at radius 1 is 1.08 bits per heavy atom. The van der Waals surface area contributed by atoms with Crippen LogP contribution < -0.4 is 4.74 Å². The molecular formula is C28H38N4O6S. The van der Waals surface area contributed by atoms with Crippen LogP contribution in [0, 0.1) is 10.1 Å². The Bertz CT molecular complexity index is 1220. The third-order valence-corrected chi connectivity index (χ3v) is 8.72. The number of rotatable bonds is 14. The summed E-state index contributed by atoms with van der Waals surface area (Å²) in [4.78, 5) is 27.4. The van der Waals surface area contributed by atoms with Crippen molar-refractivity contribution in [3.8, 4) is 5.75 Å². The molecule has 212 valence electrons. The SMILES string of the molecule is CCCCCC(=O)N(C/C=C/c1ccccc1OC)CCN1CCN(S(=O)(=O)c2ccc([N+](=O)[O-])cc2)CC1. The van der Waals surface area contributed by atoms with Gasteiger partial charge >= 0.3 is 0 Å². The molecule has 10 nitrogen and oxygen atoms in total. The summed E-state index contributed by atoms with van der Waals surface area (Å²) >= 11 is 0. The van der Waals surface area contributed by atoms with Gasteiger partial charge in [-0.2, -0.15) is 4.31 Å². The molecule has 1 fully saturated rings. The van der Waals surface area contributed by atoms with Crippen molar-refractivity contribution in [1.82, 2.24) is 14.1 Å². The van der Waals surface area contributed by atoms with Gasteiger partial charge in [-0.25, -0.2) is 8.42 Å². The van der Waals surface area contributed by atoms with E-state index >= 15 is 0 Å². The molecular weight excluding hydrogens is 520 g/mol. The lowest BCUT2D eigenvalue weighted by Gasteiger charge is -2.35. The molecule has 0 N–H and O–H groups in total. The smallest absolute Gasteiger partial charge is 0.269 e. The van der Waals surface area contributed by atoms with E-state index in [9.17, 15) is 23.3 Å². The van der Waals surface area contributed by atoms with Crippen LogP contribution in [-0.4, -0.2) is 86.3 Å². The van der Waals surface area contributed by atoms with E-state index in [-0.39, 0.29) is 16.5 Å². The van der Waals surface area contributed by atoms with Crippen molar-refractivity contribution in [3.05, 3.63) is 70.3 Å². The van der Waals surface area contributed by atoms with Crippen molar-refractivity contribution < 1.29 is 22.9 Å². The molecule has 0 bridgehead atoms. The van der Waals surface area contributed by atoms with Crippen LogP contribution in [-0.2, 0) is 14.8 Å². The largest absolute Gasteiger partial charge is 0.496 e. The first kappa shape index (κ1) is 30.3. The van der Waals surface area contributed by atoms with E-state index in [0.29, 0.717) is 52.2 Å². The number of para-hydroxylation sites is 1. The lowest BCUT2D eigenvalue weighted by Crippen LogP contribution is -2.50. The van der Waals surface area contributed by atoms with Gasteiger partial charge in [-0.1, -0.05) is 50.1 Å². The Morgan fingerprint density at radius 2 is 1.77 bits per heavy atom. The highest BCUT2D eigenvalue weighted by Crippen LogP contribution is 2.21. The monoisotopic (exact) mass is 558 g/mol. The first-order chi connectivity index (χ1) is 18.8. The summed E-state index contributed by atoms with van der Waals surface area (Å²) in [5.74, 6) is 0.892. The van der Waals surface area contributed by atoms with E-state index in [4.69, 9.17) is 4.74 Å². The van der Waals surface area contributed by atoms with Crippen LogP contribution >= 0.6 is 0 Å². The summed E-state index contributed by atoms with van der Waals surface area (Å²) in [6.07, 6.45) is 7.38. The molecule has 0 atom stereocenters. The van der Waals surface area contributed by atoms with Gasteiger partial charge in [0.1, 0.15) is 5.75 Å². The summed E-state index contributed by atoms with van der Waals surface area (Å²) in [6, 6.07) is 12.7. The number of sulfonamides is 1. The molecule has 1 heterocycles. The molecule has 0 unspecified atom stereocenters. The fourth-order valence-electron chi connectivity index (χ4n) is 4.46. The topological polar surface area (TPSA) is 113 Å². The van der Waals surface area contributed by atoms with Gasteiger partial charge in [0.2, 0.25) is 15.9 Å². The van der Waals surface area contributed by atoms with E-state index < -0.39 is 14.9 Å². The highest BCUT2D eigenvalue weighted by molar-refractivity contribution is 7.89. The van der Waals surface area contributed by atoms with Gasteiger partial charge in [0.15, 0.2) is 0 Å². The predicted octanol–water partition coefficient (Wildman–Crippen LogP) is 4.03. The number of hydrogen-bond acceptors (Lipinski definition) is 7. The number of methoxy groups -OCH3 is 1. The fraction of sp³-hybridized carbons (Fsp3) is 0.464. The molecule has 1 amide bonds. The summed E-state index contributed by atoms with van der Waals surface area (Å²) in [6.45, 7) is 5.51. The van der Waals surface area contributed by atoms with E-state index in [1.165, 1.54) is 28.6 Å². The van der Waals surface area contributed by atoms with Crippen molar-refractivity contribution in [1.29, 1.82) is 0 Å². The van der Waals surface area contributed by atoms with Crippen LogP contribution in [0.25, 0.3) is 6.08 Å². The van der Waals surface area contributed by atoms with Crippen LogP contribution in [0.4, 0.5) is 5.69 Å². The number of ether oxygens (including phenoxy) is 1. The van der Waals surface area contributed by atoms with Gasteiger partial charge in [0, 0.05) is 69.9 Å². The summed E-state index contributed by atoms with van der Waals surface area (Å²) in [5, 5.41) is 10.9. The third-order valence-electron chi connectivity index (χ3n) is 6.81. The van der Waals surface area contributed by atoms with Gasteiger partial charge in [-0.3, -0.25) is 19.8 Å². The van der Waals surface area contributed by atoms with Crippen molar-refractivity contribution >= 4 is 27.7 Å². The molecule has 0 aromatic heterocycles. The summed E-state index contributed by atoms with van der Waals surface area (Å²) in [7, 11) is -2.10. The second kappa shape index (κ2) is 14.8. The summed E-state index contributed by atoms with van der Waals surface area (Å²) < 4.78 is 32.8. The second-order valence-corrected chi connectivity index (χ2v) is 11.4. The third kappa shape index (κ3) is 8.61.